The molecule has 10 nitrogen and oxygen atoms in total. The summed E-state index contributed by atoms with van der Waals surface area (Å²) in [5.41, 5.74) is 8.03. The van der Waals surface area contributed by atoms with Gasteiger partial charge in [-0.2, -0.15) is 0 Å². The minimum atomic E-state index is -0.594. The summed E-state index contributed by atoms with van der Waals surface area (Å²) in [7, 11) is 0. The number of carbonyl (C=O) groups excluding carboxylic acids is 3. The molecule has 196 valence electrons. The van der Waals surface area contributed by atoms with Gasteiger partial charge in [-0.1, -0.05) is 12.1 Å². The number of imide groups is 1. The van der Waals surface area contributed by atoms with Crippen molar-refractivity contribution in [2.24, 2.45) is 5.73 Å². The van der Waals surface area contributed by atoms with Gasteiger partial charge in [0.1, 0.15) is 6.04 Å². The van der Waals surface area contributed by atoms with Gasteiger partial charge in [0.05, 0.1) is 46.2 Å². The number of nitrogens with zero attached hydrogens (tertiary/aromatic N) is 1. The summed E-state index contributed by atoms with van der Waals surface area (Å²) in [5.74, 6) is -0.821. The van der Waals surface area contributed by atoms with Gasteiger partial charge in [-0.3, -0.25) is 19.7 Å². The first-order valence-corrected chi connectivity index (χ1v) is 11.9. The Morgan fingerprint density at radius 1 is 0.914 bits per heavy atom. The molecule has 2 aliphatic heterocycles. The second-order valence-electron chi connectivity index (χ2n) is 8.18. The molecular formula is C24H36ClN3O7. The summed E-state index contributed by atoms with van der Waals surface area (Å²) in [5, 5.41) is 2.34. The zero-order valence-corrected chi connectivity index (χ0v) is 20.8. The van der Waals surface area contributed by atoms with E-state index in [0.29, 0.717) is 77.9 Å². The Morgan fingerprint density at radius 2 is 1.54 bits per heavy atom. The number of hydrogen-bond acceptors (Lipinski definition) is 8. The number of rotatable bonds is 16. The van der Waals surface area contributed by atoms with E-state index in [1.165, 1.54) is 0 Å². The maximum atomic E-state index is 12.9. The van der Waals surface area contributed by atoms with Crippen LogP contribution in [0.4, 0.5) is 0 Å². The predicted molar refractivity (Wildman–Crippen MR) is 130 cm³/mol. The third kappa shape index (κ3) is 8.82. The molecule has 1 atom stereocenters. The van der Waals surface area contributed by atoms with Gasteiger partial charge >= 0.3 is 0 Å². The summed E-state index contributed by atoms with van der Waals surface area (Å²) in [6.45, 7) is 5.14. The van der Waals surface area contributed by atoms with E-state index in [2.05, 4.69) is 5.32 Å². The molecule has 0 aliphatic carbocycles. The van der Waals surface area contributed by atoms with Crippen molar-refractivity contribution in [3.8, 4) is 0 Å². The number of piperidine rings is 1. The summed E-state index contributed by atoms with van der Waals surface area (Å²) >= 11 is 0. The van der Waals surface area contributed by atoms with Crippen LogP contribution in [-0.4, -0.2) is 88.1 Å². The van der Waals surface area contributed by atoms with Crippen LogP contribution in [0.25, 0.3) is 0 Å². The average molecular weight is 514 g/mol. The van der Waals surface area contributed by atoms with Gasteiger partial charge in [0.25, 0.3) is 5.91 Å². The lowest BCUT2D eigenvalue weighted by Crippen LogP contribution is -2.52. The minimum absolute atomic E-state index is 0. The highest BCUT2D eigenvalue weighted by Crippen LogP contribution is 2.30. The first-order valence-electron chi connectivity index (χ1n) is 11.9. The van der Waals surface area contributed by atoms with Crippen molar-refractivity contribution in [1.82, 2.24) is 10.2 Å². The van der Waals surface area contributed by atoms with Gasteiger partial charge in [-0.05, 0) is 36.5 Å². The minimum Gasteiger partial charge on any atom is -0.379 e. The van der Waals surface area contributed by atoms with Crippen molar-refractivity contribution in [2.45, 2.75) is 38.3 Å². The molecule has 0 radical (unpaired) electrons. The molecule has 3 amide bonds. The molecule has 2 aliphatic rings. The van der Waals surface area contributed by atoms with Gasteiger partial charge in [0.15, 0.2) is 0 Å². The van der Waals surface area contributed by atoms with Crippen molar-refractivity contribution < 1.29 is 33.3 Å². The molecule has 3 rings (SSSR count). The van der Waals surface area contributed by atoms with E-state index in [0.717, 1.165) is 24.0 Å². The Kier molecular flexibility index (Phi) is 13.2. The first kappa shape index (κ1) is 29.2. The van der Waals surface area contributed by atoms with Gasteiger partial charge < -0.3 is 29.6 Å². The van der Waals surface area contributed by atoms with E-state index in [4.69, 9.17) is 24.7 Å². The second kappa shape index (κ2) is 15.8. The molecule has 1 saturated heterocycles. The molecule has 1 fully saturated rings. The predicted octanol–water partition coefficient (Wildman–Crippen LogP) is 0.827. The molecule has 35 heavy (non-hydrogen) atoms. The molecule has 1 aromatic carbocycles. The standard InChI is InChI=1S/C24H35N3O7.ClH/c25-8-10-32-12-14-34-16-15-33-13-11-31-9-2-4-18-3-1-5-19-20(18)17-27(24(19)30)21-6-7-22(28)26-23(21)29;/h1,3,5,21H,2,4,6-17,25H2,(H,26,28,29);1H. The van der Waals surface area contributed by atoms with Crippen LogP contribution >= 0.6 is 12.4 Å². The van der Waals surface area contributed by atoms with Crippen LogP contribution in [0.3, 0.4) is 0 Å². The zero-order valence-electron chi connectivity index (χ0n) is 20.0. The quantitative estimate of drug-likeness (QED) is 0.245. The van der Waals surface area contributed by atoms with Gasteiger partial charge in [0.2, 0.25) is 11.8 Å². The van der Waals surface area contributed by atoms with E-state index < -0.39 is 11.9 Å². The Labute approximate surface area is 212 Å². The third-order valence-electron chi connectivity index (χ3n) is 5.79. The number of ether oxygens (including phenoxy) is 4. The average Bonchev–Trinajstić information content (AvgIpc) is 3.16. The lowest BCUT2D eigenvalue weighted by molar-refractivity contribution is -0.136. The Balaban J connectivity index is 0.00000432. The molecular weight excluding hydrogens is 478 g/mol. The fourth-order valence-corrected chi connectivity index (χ4v) is 4.09. The molecule has 2 heterocycles. The van der Waals surface area contributed by atoms with Crippen LogP contribution in [0.15, 0.2) is 18.2 Å². The van der Waals surface area contributed by atoms with Crippen LogP contribution < -0.4 is 11.1 Å². The van der Waals surface area contributed by atoms with Crippen LogP contribution in [0.2, 0.25) is 0 Å². The van der Waals surface area contributed by atoms with Crippen molar-refractivity contribution in [3.05, 3.63) is 34.9 Å². The highest BCUT2D eigenvalue weighted by atomic mass is 35.5. The summed E-state index contributed by atoms with van der Waals surface area (Å²) in [6.07, 6.45) is 2.21. The Bertz CT molecular complexity index is 839. The van der Waals surface area contributed by atoms with Crippen LogP contribution in [0.1, 0.15) is 40.7 Å². The summed E-state index contributed by atoms with van der Waals surface area (Å²) in [4.78, 5) is 38.1. The van der Waals surface area contributed by atoms with E-state index in [-0.39, 0.29) is 30.6 Å². The van der Waals surface area contributed by atoms with Crippen molar-refractivity contribution in [1.29, 1.82) is 0 Å². The normalized spacial score (nSPS) is 17.3. The maximum Gasteiger partial charge on any atom is 0.255 e. The lowest BCUT2D eigenvalue weighted by atomic mass is 10.00. The van der Waals surface area contributed by atoms with E-state index in [1.807, 2.05) is 12.1 Å². The molecule has 0 spiro atoms. The lowest BCUT2D eigenvalue weighted by Gasteiger charge is -2.29. The van der Waals surface area contributed by atoms with Crippen LogP contribution in [0, 0.1) is 0 Å². The number of benzene rings is 1. The molecule has 1 aromatic rings. The number of nitrogens with one attached hydrogen (secondary N) is 1. The third-order valence-corrected chi connectivity index (χ3v) is 5.79. The topological polar surface area (TPSA) is 129 Å². The highest BCUT2D eigenvalue weighted by molar-refractivity contribution is 6.05. The number of carbonyl (C=O) groups is 3. The molecule has 0 saturated carbocycles. The summed E-state index contributed by atoms with van der Waals surface area (Å²) < 4.78 is 21.7. The van der Waals surface area contributed by atoms with Gasteiger partial charge in [-0.25, -0.2) is 0 Å². The van der Waals surface area contributed by atoms with Crippen LogP contribution in [-0.2, 0) is 41.5 Å². The smallest absolute Gasteiger partial charge is 0.255 e. The van der Waals surface area contributed by atoms with Crippen molar-refractivity contribution >= 4 is 30.1 Å². The second-order valence-corrected chi connectivity index (χ2v) is 8.18. The fraction of sp³-hybridized carbons (Fsp3) is 0.625. The number of nitrogens with two attached hydrogens (primary N) is 1. The highest BCUT2D eigenvalue weighted by Gasteiger charge is 2.39. The van der Waals surface area contributed by atoms with E-state index in [1.54, 1.807) is 11.0 Å². The zero-order chi connectivity index (χ0) is 24.2. The number of amides is 3. The number of hydrogen-bond donors (Lipinski definition) is 2. The Hall–Kier alpha value is -2.08. The number of halogens is 1. The van der Waals surface area contributed by atoms with Gasteiger partial charge in [0, 0.05) is 31.7 Å². The van der Waals surface area contributed by atoms with E-state index >= 15 is 0 Å². The molecule has 3 N–H and O–H groups in total. The maximum absolute atomic E-state index is 12.9. The fourth-order valence-electron chi connectivity index (χ4n) is 4.09. The summed E-state index contributed by atoms with van der Waals surface area (Å²) in [6, 6.07) is 5.10. The monoisotopic (exact) mass is 513 g/mol. The number of aryl methyl sites for hydroxylation is 1. The molecule has 0 aromatic heterocycles. The van der Waals surface area contributed by atoms with E-state index in [9.17, 15) is 14.4 Å². The molecule has 11 heteroatoms. The van der Waals surface area contributed by atoms with Crippen molar-refractivity contribution in [3.63, 3.8) is 0 Å². The SMILES string of the molecule is Cl.NCCOCCOCCOCCOCCCc1cccc2c1CN(C1CCC(=O)NC1=O)C2=O. The first-order chi connectivity index (χ1) is 16.6. The molecule has 1 unspecified atom stereocenters. The van der Waals surface area contributed by atoms with Gasteiger partial charge in [-0.15, -0.1) is 12.4 Å². The van der Waals surface area contributed by atoms with Crippen LogP contribution in [0.5, 0.6) is 0 Å². The van der Waals surface area contributed by atoms with Crippen molar-refractivity contribution in [2.75, 3.05) is 59.4 Å². The Morgan fingerprint density at radius 3 is 2.17 bits per heavy atom. The largest absolute Gasteiger partial charge is 0.379 e. The number of fused-ring (bicyclic) bond motifs is 1. The molecule has 0 bridgehead atoms.